The van der Waals surface area contributed by atoms with E-state index in [1.54, 1.807) is 65.8 Å². The second kappa shape index (κ2) is 61.3. The van der Waals surface area contributed by atoms with Gasteiger partial charge in [-0.2, -0.15) is 11.8 Å². The van der Waals surface area contributed by atoms with Crippen LogP contribution in [0.15, 0.2) is 43.0 Å². The number of imidazole rings is 1. The summed E-state index contributed by atoms with van der Waals surface area (Å²) in [5, 5.41) is 78.4. The van der Waals surface area contributed by atoms with Crippen molar-refractivity contribution >= 4 is 179 Å². The molecule has 2 aliphatic heterocycles. The number of amides is 19. The number of benzene rings is 1. The van der Waals surface area contributed by atoms with E-state index >= 15 is 0 Å². The summed E-state index contributed by atoms with van der Waals surface area (Å²) in [5.41, 5.74) is 29.1. The summed E-state index contributed by atoms with van der Waals surface area (Å²) in [7, 11) is 0. The Kier molecular flexibility index (Phi) is 52.2. The first-order chi connectivity index (χ1) is 66.5. The Bertz CT molecular complexity index is 4860. The molecule has 2 aliphatic rings. The van der Waals surface area contributed by atoms with Crippen LogP contribution in [0.1, 0.15) is 137 Å². The van der Waals surface area contributed by atoms with Crippen molar-refractivity contribution in [1.29, 1.82) is 5.41 Å². The van der Waals surface area contributed by atoms with Gasteiger partial charge in [-0.15, -0.1) is 0 Å². The quantitative estimate of drug-likeness (QED) is 0.0108. The number of carbonyl (C=O) groups is 22. The monoisotopic (exact) mass is 2070 g/mol. The molecule has 27 N–H and O–H groups in total. The number of guanidine groups is 1. The van der Waals surface area contributed by atoms with Crippen LogP contribution in [0.4, 0.5) is 0 Å². The first-order valence-corrected chi connectivity index (χ1v) is 47.4. The summed E-state index contributed by atoms with van der Waals surface area (Å²) in [6.45, 7) is 6.57. The standard InChI is InChI=1S/C87H136N28O25S.Ga/c1-46(2)32-58(107-78(132)55(14-11-22-95-87(92)93)104-79(133)57(16-19-65(89)117)106-85(139)63-17-20-69(121)115(63)70(122)41-111-23-25-112(42-71(123)124)27-29-114(44-73(127)128)30-28-113(26-24-111)43-72(125)126)77(131)97-39-67(119)102-62(36-66(90)118)84(138)105-56(15-18-64(88)116)80(134)109-60(34-50-37-96-53-13-10-9-12-52(50)53)81(135)100-49(7)76(130)110-74(48(5)6)86(140)98-40-68(120)101-61(35-51-38-94-45-99-51)83(137)108-59(33-47(3)4)82(136)103-54(75(91)129)21-31-141-8;/h9-10,12-13,37-38,45-49,54-63,74,96H,11,14-36,39-44H2,1-8H3,(H2,88,116)(H2,89,117)(H2,90,118)(H2,91,129)(H,94,99)(H,97,131)(H,98,140)(H,100,135)(H,101,120)(H,102,119)(H,103,136)(H,104,133)(H,105,138)(H,106,139)(H,107,132)(H,108,137)(H,109,134)(H,110,130)(H,123,124)(H,125,126)(H,127,128)(H4,92,93,95);/q;+3/p-3/t49-,54-,55-,56-,57-,58-,59-,60-,61-,62-,63-,74-;/m0./s1/i;1-2. The number of primary amides is 4. The van der Waals surface area contributed by atoms with Crippen molar-refractivity contribution in [3.63, 3.8) is 0 Å². The van der Waals surface area contributed by atoms with Gasteiger partial charge in [0.1, 0.15) is 72.5 Å². The molecule has 0 radical (unpaired) electrons. The second-order valence-corrected chi connectivity index (χ2v) is 36.4. The fraction of sp³-hybridized carbons (Fsp3) is 0.609. The van der Waals surface area contributed by atoms with Gasteiger partial charge in [0.15, 0.2) is 5.96 Å². The number of nitrogens with two attached hydrogens (primary N) is 5. The number of thioether (sulfide) groups is 1. The van der Waals surface area contributed by atoms with E-state index in [1.807, 2.05) is 6.26 Å². The number of para-hydroxylation sites is 1. The van der Waals surface area contributed by atoms with Crippen molar-refractivity contribution in [2.24, 2.45) is 46.4 Å². The van der Waals surface area contributed by atoms with Gasteiger partial charge in [0.25, 0.3) is 0 Å². The Labute approximate surface area is 836 Å². The molecule has 0 spiro atoms. The summed E-state index contributed by atoms with van der Waals surface area (Å²) in [5.74, 6) is -24.6. The van der Waals surface area contributed by atoms with Crippen molar-refractivity contribution in [2.45, 2.75) is 211 Å². The van der Waals surface area contributed by atoms with Crippen molar-refractivity contribution < 1.29 is 121 Å². The third-order valence-electron chi connectivity index (χ3n) is 22.6. The number of carboxylic acid groups (broad SMARTS) is 3. The Morgan fingerprint density at radius 1 is 0.486 bits per heavy atom. The Hall–Kier alpha value is -13.4. The van der Waals surface area contributed by atoms with Crippen molar-refractivity contribution in [3.8, 4) is 0 Å². The minimum Gasteiger partial charge on any atom is -0.549 e. The van der Waals surface area contributed by atoms with Crippen molar-refractivity contribution in [3.05, 3.63) is 54.2 Å². The normalized spacial score (nSPS) is 16.3. The van der Waals surface area contributed by atoms with E-state index in [2.05, 4.69) is 89.4 Å². The molecule has 0 bridgehead atoms. The van der Waals surface area contributed by atoms with Crippen LogP contribution in [0.2, 0.25) is 0 Å². The van der Waals surface area contributed by atoms with Gasteiger partial charge in [-0.3, -0.25) is 121 Å². The van der Waals surface area contributed by atoms with Crippen LogP contribution in [-0.4, -0.2) is 378 Å². The zero-order chi connectivity index (χ0) is 105. The van der Waals surface area contributed by atoms with Crippen molar-refractivity contribution in [2.75, 3.05) is 110 Å². The summed E-state index contributed by atoms with van der Waals surface area (Å²) < 4.78 is 0. The number of H-pyrrole nitrogens is 2. The Morgan fingerprint density at radius 3 is 1.41 bits per heavy atom. The number of nitrogens with one attached hydrogen (secondary N) is 17. The van der Waals surface area contributed by atoms with Gasteiger partial charge >= 0.3 is 19.8 Å². The molecule has 55 heteroatoms. The molecular weight excluding hydrogens is 1940 g/mol. The average Bonchev–Trinajstić information content (AvgIpc) is 1.68. The average molecular weight is 2070 g/mol. The van der Waals surface area contributed by atoms with Crippen LogP contribution >= 0.6 is 11.8 Å². The van der Waals surface area contributed by atoms with Gasteiger partial charge in [0.2, 0.25) is 112 Å². The zero-order valence-corrected chi connectivity index (χ0v) is 83.9. The van der Waals surface area contributed by atoms with Crippen LogP contribution in [0.25, 0.3) is 10.9 Å². The van der Waals surface area contributed by atoms with E-state index in [0.717, 1.165) is 0 Å². The van der Waals surface area contributed by atoms with E-state index in [4.69, 9.17) is 34.1 Å². The van der Waals surface area contributed by atoms with E-state index in [-0.39, 0.29) is 142 Å². The molecule has 5 rings (SSSR count). The Morgan fingerprint density at radius 2 is 0.930 bits per heavy atom. The van der Waals surface area contributed by atoms with Crippen LogP contribution in [0, 0.1) is 23.2 Å². The second-order valence-electron chi connectivity index (χ2n) is 35.4. The maximum Gasteiger partial charge on any atom is 3.00 e. The maximum absolute atomic E-state index is 14.7. The van der Waals surface area contributed by atoms with Crippen LogP contribution < -0.4 is 118 Å². The van der Waals surface area contributed by atoms with Crippen LogP contribution in [-0.2, 0) is 118 Å². The zero-order valence-electron chi connectivity index (χ0n) is 80.7. The maximum atomic E-state index is 14.7. The van der Waals surface area contributed by atoms with E-state index in [9.17, 15) is 121 Å². The van der Waals surface area contributed by atoms with Gasteiger partial charge in [0, 0.05) is 140 Å². The van der Waals surface area contributed by atoms with Gasteiger partial charge in [-0.05, 0) is 99.7 Å². The predicted octanol–water partition coefficient (Wildman–Crippen LogP) is -13.5. The number of aliphatic carboxylic acids is 3. The molecule has 19 amide bonds. The molecule has 2 fully saturated rings. The molecule has 4 heterocycles. The molecule has 0 unspecified atom stereocenters. The molecular formula is C87H133GaN28O25S. The molecule has 780 valence electrons. The molecule has 0 saturated carbocycles. The van der Waals surface area contributed by atoms with E-state index in [1.165, 1.54) is 57.0 Å². The predicted molar refractivity (Wildman–Crippen MR) is 504 cm³/mol. The number of carbonyl (C=O) groups excluding carboxylic acids is 22. The molecule has 0 aliphatic carbocycles. The molecule has 53 nitrogen and oxygen atoms in total. The fourth-order valence-electron chi connectivity index (χ4n) is 15.2. The topological polar surface area (TPSA) is 828 Å². The fourth-order valence-corrected chi connectivity index (χ4v) is 15.7. The van der Waals surface area contributed by atoms with Gasteiger partial charge in [-0.25, -0.2) is 4.98 Å². The smallest absolute Gasteiger partial charge is 0.549 e. The summed E-state index contributed by atoms with van der Waals surface area (Å²) in [4.78, 5) is 314. The number of hydrogen-bond acceptors (Lipinski definition) is 32. The number of hydrogen-bond donors (Lipinski definition) is 22. The molecule has 2 aromatic heterocycles. The number of nitrogens with zero attached hydrogens (tertiary/aromatic N) is 6. The number of aromatic nitrogens is 3. The number of carboxylic acids is 3. The number of aromatic amines is 2. The van der Waals surface area contributed by atoms with E-state index in [0.29, 0.717) is 32.8 Å². The first kappa shape index (κ1) is 121. The molecule has 142 heavy (non-hydrogen) atoms. The SMILES string of the molecule is CSCC[C@H](NC(=O)[C@H](CC(C)C)NC(=O)[C@H](Cc1cnc[nH]1)NC(=O)CNC(=O)[C@@H](NC(=O)[C@H](C)NC(=O)[C@H](Cc1c[nH]c2ccccc12)NC(=O)[C@H](CCC(N)=O)NC(=O)[C@H](CC(N)=O)NC(=O)CNC(=O)[C@H](CC(C)C)NC(=O)[C@H](CCCNC(=N)N)NC(=O)[C@H](CCC(N)=O)NC(=O)[C@@H]1CCC(=O)N1C(=O)CN1CCN(CC(=O)[O-])CCN(CC(=O)[O-])CCN(CC(=O)[O-])CC1)C(C)C)C(N)=O.[68Ga+3]. The minimum atomic E-state index is -1.97. The third kappa shape index (κ3) is 43.8. The molecule has 3 aromatic rings. The van der Waals surface area contributed by atoms with Crippen LogP contribution in [0.3, 0.4) is 0 Å². The number of likely N-dealkylation sites (tertiary alicyclic amines) is 1. The van der Waals surface area contributed by atoms with Gasteiger partial charge in [-0.1, -0.05) is 59.7 Å². The van der Waals surface area contributed by atoms with Crippen molar-refractivity contribution in [1.82, 2.24) is 114 Å². The number of imide groups is 1. The van der Waals surface area contributed by atoms with Gasteiger partial charge in [0.05, 0.1) is 50.3 Å². The minimum absolute atomic E-state index is 0. The number of fused-ring (bicyclic) bond motifs is 1. The summed E-state index contributed by atoms with van der Waals surface area (Å²) in [6.07, 6.45) is 1.44. The molecule has 1 aromatic carbocycles. The largest absolute Gasteiger partial charge is 3.00 e. The van der Waals surface area contributed by atoms with E-state index < -0.39 is 292 Å². The van der Waals surface area contributed by atoms with Gasteiger partial charge < -0.3 is 143 Å². The summed E-state index contributed by atoms with van der Waals surface area (Å²) >= 11 is 1.43. The molecule has 12 atom stereocenters. The number of rotatable bonds is 59. The van der Waals surface area contributed by atoms with Crippen LogP contribution in [0.5, 0.6) is 0 Å². The summed E-state index contributed by atoms with van der Waals surface area (Å²) in [6, 6.07) is -11.7. The third-order valence-corrected chi connectivity index (χ3v) is 23.2. The molecule has 2 saturated heterocycles. The Balaban J connectivity index is 0.0000420. The first-order valence-electron chi connectivity index (χ1n) is 46.0.